The largest absolute Gasteiger partial charge is 0.385 e. The van der Waals surface area contributed by atoms with Crippen LogP contribution in [0.2, 0.25) is 0 Å². The summed E-state index contributed by atoms with van der Waals surface area (Å²) in [6.07, 6.45) is 1.53. The molecule has 1 aromatic carbocycles. The minimum Gasteiger partial charge on any atom is -0.385 e. The lowest BCUT2D eigenvalue weighted by Gasteiger charge is -2.33. The first kappa shape index (κ1) is 12.0. The van der Waals surface area contributed by atoms with Crippen LogP contribution in [0.25, 0.3) is 0 Å². The number of hydrogen-bond acceptors (Lipinski definition) is 3. The average molecular weight is 285 g/mol. The van der Waals surface area contributed by atoms with Gasteiger partial charge < -0.3 is 16.2 Å². The molecule has 0 unspecified atom stereocenters. The van der Waals surface area contributed by atoms with Crippen molar-refractivity contribution in [3.8, 4) is 0 Å². The summed E-state index contributed by atoms with van der Waals surface area (Å²) < 4.78 is 1.01. The first-order chi connectivity index (χ1) is 7.65. The van der Waals surface area contributed by atoms with E-state index in [1.165, 1.54) is 0 Å². The maximum atomic E-state index is 10.6. The Morgan fingerprint density at radius 3 is 2.69 bits per heavy atom. The van der Waals surface area contributed by atoms with Gasteiger partial charge in [0, 0.05) is 11.0 Å². The van der Waals surface area contributed by atoms with E-state index < -0.39 is 5.60 Å². The molecule has 2 rings (SSSR count). The highest BCUT2D eigenvalue weighted by Crippen LogP contribution is 2.32. The Kier molecular flexibility index (Phi) is 3.64. The molecule has 1 fully saturated rings. The molecule has 1 aliphatic rings. The molecule has 1 aliphatic heterocycles. The van der Waals surface area contributed by atoms with Crippen LogP contribution in [-0.2, 0) is 12.1 Å². The highest BCUT2D eigenvalue weighted by molar-refractivity contribution is 9.10. The molecule has 1 heterocycles. The predicted octanol–water partition coefficient (Wildman–Crippen LogP) is 1.48. The van der Waals surface area contributed by atoms with Crippen molar-refractivity contribution in [1.82, 2.24) is 5.32 Å². The Bertz CT molecular complexity index is 375. The summed E-state index contributed by atoms with van der Waals surface area (Å²) in [5.74, 6) is 0. The van der Waals surface area contributed by atoms with Gasteiger partial charge in [0.05, 0.1) is 5.60 Å². The number of hydrogen-bond donors (Lipinski definition) is 3. The van der Waals surface area contributed by atoms with Gasteiger partial charge in [-0.05, 0) is 43.1 Å². The molecule has 0 aliphatic carbocycles. The third kappa shape index (κ3) is 2.30. The van der Waals surface area contributed by atoms with E-state index in [1.807, 2.05) is 18.2 Å². The van der Waals surface area contributed by atoms with Gasteiger partial charge in [-0.15, -0.1) is 0 Å². The summed E-state index contributed by atoms with van der Waals surface area (Å²) in [5, 5.41) is 13.8. The topological polar surface area (TPSA) is 58.3 Å². The van der Waals surface area contributed by atoms with Crippen LogP contribution in [0.1, 0.15) is 24.0 Å². The van der Waals surface area contributed by atoms with Crippen molar-refractivity contribution in [2.45, 2.75) is 25.0 Å². The van der Waals surface area contributed by atoms with Crippen LogP contribution in [0.15, 0.2) is 22.7 Å². The van der Waals surface area contributed by atoms with Gasteiger partial charge in [0.15, 0.2) is 0 Å². The molecule has 1 saturated heterocycles. The highest BCUT2D eigenvalue weighted by Gasteiger charge is 2.31. The molecule has 0 aromatic heterocycles. The molecule has 3 nitrogen and oxygen atoms in total. The van der Waals surface area contributed by atoms with Crippen molar-refractivity contribution in [2.75, 3.05) is 13.1 Å². The van der Waals surface area contributed by atoms with Crippen LogP contribution < -0.4 is 11.1 Å². The number of nitrogens with two attached hydrogens (primary N) is 1. The van der Waals surface area contributed by atoms with E-state index in [0.717, 1.165) is 41.5 Å². The molecule has 0 amide bonds. The van der Waals surface area contributed by atoms with Crippen molar-refractivity contribution in [2.24, 2.45) is 5.73 Å². The maximum absolute atomic E-state index is 10.6. The number of piperidine rings is 1. The fourth-order valence-electron chi connectivity index (χ4n) is 2.15. The predicted molar refractivity (Wildman–Crippen MR) is 68.0 cm³/mol. The summed E-state index contributed by atoms with van der Waals surface area (Å²) in [6, 6.07) is 5.96. The van der Waals surface area contributed by atoms with Gasteiger partial charge in [-0.2, -0.15) is 0 Å². The second kappa shape index (κ2) is 4.84. The quantitative estimate of drug-likeness (QED) is 0.771. The lowest BCUT2D eigenvalue weighted by atomic mass is 9.84. The van der Waals surface area contributed by atoms with Crippen LogP contribution in [0, 0.1) is 0 Å². The molecule has 0 radical (unpaired) electrons. The van der Waals surface area contributed by atoms with Gasteiger partial charge in [0.1, 0.15) is 0 Å². The SMILES string of the molecule is NCc1cc(C2(O)CCNCC2)ccc1Br. The third-order valence-corrected chi connectivity index (χ3v) is 4.01. The Morgan fingerprint density at radius 1 is 1.38 bits per heavy atom. The molecule has 0 saturated carbocycles. The Balaban J connectivity index is 2.32. The first-order valence-corrected chi connectivity index (χ1v) is 6.37. The fourth-order valence-corrected chi connectivity index (χ4v) is 2.56. The van der Waals surface area contributed by atoms with Crippen LogP contribution in [0.4, 0.5) is 0 Å². The van der Waals surface area contributed by atoms with Crippen LogP contribution in [0.3, 0.4) is 0 Å². The zero-order valence-corrected chi connectivity index (χ0v) is 10.8. The molecule has 0 bridgehead atoms. The van der Waals surface area contributed by atoms with Crippen LogP contribution >= 0.6 is 15.9 Å². The van der Waals surface area contributed by atoms with Crippen molar-refractivity contribution in [1.29, 1.82) is 0 Å². The zero-order chi connectivity index (χ0) is 11.6. The van der Waals surface area contributed by atoms with E-state index in [9.17, 15) is 5.11 Å². The van der Waals surface area contributed by atoms with Gasteiger partial charge in [-0.3, -0.25) is 0 Å². The van der Waals surface area contributed by atoms with E-state index >= 15 is 0 Å². The summed E-state index contributed by atoms with van der Waals surface area (Å²) >= 11 is 3.46. The van der Waals surface area contributed by atoms with Gasteiger partial charge in [0.25, 0.3) is 0 Å². The molecular formula is C12H17BrN2O. The van der Waals surface area contributed by atoms with E-state index in [0.29, 0.717) is 6.54 Å². The number of nitrogens with one attached hydrogen (secondary N) is 1. The molecule has 0 spiro atoms. The lowest BCUT2D eigenvalue weighted by molar-refractivity contribution is 0.00586. The number of halogens is 1. The maximum Gasteiger partial charge on any atom is 0.0920 e. The molecule has 4 heteroatoms. The Hall–Kier alpha value is -0.420. The zero-order valence-electron chi connectivity index (χ0n) is 9.17. The van der Waals surface area contributed by atoms with E-state index in [1.54, 1.807) is 0 Å². The molecular weight excluding hydrogens is 268 g/mol. The number of rotatable bonds is 2. The molecule has 88 valence electrons. The summed E-state index contributed by atoms with van der Waals surface area (Å²) in [7, 11) is 0. The molecule has 16 heavy (non-hydrogen) atoms. The summed E-state index contributed by atoms with van der Waals surface area (Å²) in [6.45, 7) is 2.22. The summed E-state index contributed by atoms with van der Waals surface area (Å²) in [4.78, 5) is 0. The normalized spacial score (nSPS) is 19.7. The first-order valence-electron chi connectivity index (χ1n) is 5.58. The second-order valence-corrected chi connectivity index (χ2v) is 5.15. The Labute approximate surface area is 104 Å². The molecule has 1 aromatic rings. The summed E-state index contributed by atoms with van der Waals surface area (Å²) in [5.41, 5.74) is 7.01. The van der Waals surface area contributed by atoms with Gasteiger partial charge in [0.2, 0.25) is 0 Å². The minimum absolute atomic E-state index is 0.489. The van der Waals surface area contributed by atoms with Gasteiger partial charge in [-0.1, -0.05) is 28.1 Å². The standard InChI is InChI=1S/C12H17BrN2O/c13-11-2-1-10(7-9(11)8-14)12(16)3-5-15-6-4-12/h1-2,7,15-16H,3-6,8,14H2. The second-order valence-electron chi connectivity index (χ2n) is 4.29. The molecule has 0 atom stereocenters. The van der Waals surface area contributed by atoms with Crippen molar-refractivity contribution >= 4 is 15.9 Å². The smallest absolute Gasteiger partial charge is 0.0920 e. The lowest BCUT2D eigenvalue weighted by Crippen LogP contribution is -2.39. The average Bonchev–Trinajstić information content (AvgIpc) is 2.30. The van der Waals surface area contributed by atoms with Crippen molar-refractivity contribution < 1.29 is 5.11 Å². The number of aliphatic hydroxyl groups is 1. The monoisotopic (exact) mass is 284 g/mol. The van der Waals surface area contributed by atoms with Crippen molar-refractivity contribution in [3.63, 3.8) is 0 Å². The van der Waals surface area contributed by atoms with Crippen molar-refractivity contribution in [3.05, 3.63) is 33.8 Å². The molecule has 4 N–H and O–H groups in total. The Morgan fingerprint density at radius 2 is 2.06 bits per heavy atom. The van der Waals surface area contributed by atoms with E-state index in [-0.39, 0.29) is 0 Å². The minimum atomic E-state index is -0.685. The highest BCUT2D eigenvalue weighted by atomic mass is 79.9. The van der Waals surface area contributed by atoms with Gasteiger partial charge >= 0.3 is 0 Å². The van der Waals surface area contributed by atoms with E-state index in [4.69, 9.17) is 5.73 Å². The van der Waals surface area contributed by atoms with Crippen LogP contribution in [-0.4, -0.2) is 18.2 Å². The van der Waals surface area contributed by atoms with Gasteiger partial charge in [-0.25, -0.2) is 0 Å². The van der Waals surface area contributed by atoms with E-state index in [2.05, 4.69) is 21.2 Å². The van der Waals surface area contributed by atoms with Crippen LogP contribution in [0.5, 0.6) is 0 Å². The number of benzene rings is 1. The fraction of sp³-hybridized carbons (Fsp3) is 0.500. The third-order valence-electron chi connectivity index (χ3n) is 3.23.